The summed E-state index contributed by atoms with van der Waals surface area (Å²) >= 11 is 0. The molecular weight excluding hydrogens is 208 g/mol. The second kappa shape index (κ2) is 6.30. The van der Waals surface area contributed by atoms with E-state index in [1.807, 2.05) is 6.92 Å². The minimum atomic E-state index is -1.24. The van der Waals surface area contributed by atoms with Crippen LogP contribution in [-0.2, 0) is 19.1 Å². The lowest BCUT2D eigenvalue weighted by atomic mass is 10.1. The minimum absolute atomic E-state index is 0.336. The third kappa shape index (κ3) is 5.53. The topological polar surface area (TPSA) is 52.6 Å². The number of ether oxygens (including phenoxy) is 2. The molecule has 0 aromatic carbocycles. The van der Waals surface area contributed by atoms with Gasteiger partial charge in [-0.15, -0.1) is 0 Å². The molecule has 0 aliphatic rings. The van der Waals surface area contributed by atoms with Gasteiger partial charge in [-0.05, 0) is 34.1 Å². The fourth-order valence-electron chi connectivity index (χ4n) is 0.927. The van der Waals surface area contributed by atoms with Gasteiger partial charge < -0.3 is 9.47 Å². The second-order valence-electron chi connectivity index (χ2n) is 4.29. The van der Waals surface area contributed by atoms with Gasteiger partial charge in [-0.2, -0.15) is 0 Å². The van der Waals surface area contributed by atoms with Gasteiger partial charge in [-0.1, -0.05) is 12.5 Å². The lowest BCUT2D eigenvalue weighted by molar-refractivity contribution is -0.175. The van der Waals surface area contributed by atoms with Crippen LogP contribution in [0.3, 0.4) is 0 Å². The molecule has 0 heterocycles. The first kappa shape index (κ1) is 14.7. The third-order valence-electron chi connectivity index (χ3n) is 1.69. The molecule has 0 aliphatic heterocycles. The number of hydrogen-bond donors (Lipinski definition) is 0. The number of carbonyl (C=O) groups excluding carboxylic acids is 2. The fourth-order valence-corrected chi connectivity index (χ4v) is 0.927. The Morgan fingerprint density at radius 3 is 2.25 bits per heavy atom. The monoisotopic (exact) mass is 228 g/mol. The van der Waals surface area contributed by atoms with Gasteiger partial charge in [0.05, 0.1) is 6.61 Å². The molecule has 0 aromatic rings. The molecule has 92 valence electrons. The molecule has 0 unspecified atom stereocenters. The van der Waals surface area contributed by atoms with Gasteiger partial charge in [0.25, 0.3) is 0 Å². The number of allylic oxidation sites excluding steroid dienone is 1. The number of rotatable bonds is 5. The van der Waals surface area contributed by atoms with Crippen LogP contribution in [0.5, 0.6) is 0 Å². The molecule has 0 N–H and O–H groups in total. The van der Waals surface area contributed by atoms with Crippen molar-refractivity contribution in [2.75, 3.05) is 6.61 Å². The molecule has 16 heavy (non-hydrogen) atoms. The highest BCUT2D eigenvalue weighted by molar-refractivity contribution is 5.87. The van der Waals surface area contributed by atoms with Crippen molar-refractivity contribution >= 4 is 11.9 Å². The Hall–Kier alpha value is -1.32. The van der Waals surface area contributed by atoms with E-state index in [4.69, 9.17) is 9.47 Å². The van der Waals surface area contributed by atoms with Gasteiger partial charge in [-0.25, -0.2) is 9.59 Å². The Morgan fingerprint density at radius 2 is 1.81 bits per heavy atom. The summed E-state index contributed by atoms with van der Waals surface area (Å²) in [7, 11) is 0. The van der Waals surface area contributed by atoms with E-state index in [0.717, 1.165) is 12.0 Å². The van der Waals surface area contributed by atoms with E-state index in [1.54, 1.807) is 13.8 Å². The second-order valence-corrected chi connectivity index (χ2v) is 4.29. The van der Waals surface area contributed by atoms with Crippen molar-refractivity contribution in [2.24, 2.45) is 0 Å². The van der Waals surface area contributed by atoms with Gasteiger partial charge in [0.2, 0.25) is 5.60 Å². The SMILES string of the molecule is CCCOC(=O)C(C)(C)OC(=O)C=C(C)C. The van der Waals surface area contributed by atoms with Crippen molar-refractivity contribution in [3.63, 3.8) is 0 Å². The van der Waals surface area contributed by atoms with Crippen LogP contribution in [0, 0.1) is 0 Å². The summed E-state index contributed by atoms with van der Waals surface area (Å²) in [6.45, 7) is 8.83. The molecule has 0 atom stereocenters. The van der Waals surface area contributed by atoms with Crippen LogP contribution in [-0.4, -0.2) is 24.1 Å². The van der Waals surface area contributed by atoms with Crippen LogP contribution in [0.4, 0.5) is 0 Å². The first-order valence-corrected chi connectivity index (χ1v) is 5.34. The first-order chi connectivity index (χ1) is 7.29. The lowest BCUT2D eigenvalue weighted by Gasteiger charge is -2.22. The predicted octanol–water partition coefficient (Wildman–Crippen LogP) is 2.23. The fraction of sp³-hybridized carbons (Fsp3) is 0.667. The van der Waals surface area contributed by atoms with Crippen LogP contribution in [0.15, 0.2) is 11.6 Å². The van der Waals surface area contributed by atoms with E-state index in [9.17, 15) is 9.59 Å². The van der Waals surface area contributed by atoms with E-state index >= 15 is 0 Å². The maximum absolute atomic E-state index is 11.5. The molecule has 4 nitrogen and oxygen atoms in total. The summed E-state index contributed by atoms with van der Waals surface area (Å²) < 4.78 is 9.94. The van der Waals surface area contributed by atoms with E-state index in [1.165, 1.54) is 19.9 Å². The van der Waals surface area contributed by atoms with Gasteiger partial charge in [0, 0.05) is 6.08 Å². The van der Waals surface area contributed by atoms with Gasteiger partial charge in [0.15, 0.2) is 0 Å². The standard InChI is InChI=1S/C12H20O4/c1-6-7-15-11(14)12(4,5)16-10(13)8-9(2)3/h8H,6-7H2,1-5H3. The summed E-state index contributed by atoms with van der Waals surface area (Å²) in [5.41, 5.74) is -0.416. The third-order valence-corrected chi connectivity index (χ3v) is 1.69. The normalized spacial score (nSPS) is 10.6. The number of hydrogen-bond acceptors (Lipinski definition) is 4. The van der Waals surface area contributed by atoms with Crippen molar-refractivity contribution < 1.29 is 19.1 Å². The largest absolute Gasteiger partial charge is 0.463 e. The highest BCUT2D eigenvalue weighted by atomic mass is 16.6. The average molecular weight is 228 g/mol. The molecule has 0 spiro atoms. The van der Waals surface area contributed by atoms with Crippen LogP contribution in [0.25, 0.3) is 0 Å². The van der Waals surface area contributed by atoms with Gasteiger partial charge in [-0.3, -0.25) is 0 Å². The van der Waals surface area contributed by atoms with E-state index in [0.29, 0.717) is 6.61 Å². The lowest BCUT2D eigenvalue weighted by Crippen LogP contribution is -2.38. The van der Waals surface area contributed by atoms with Gasteiger partial charge >= 0.3 is 11.9 Å². The Kier molecular flexibility index (Phi) is 5.78. The van der Waals surface area contributed by atoms with Crippen molar-refractivity contribution in [2.45, 2.75) is 46.6 Å². The zero-order valence-electron chi connectivity index (χ0n) is 10.6. The molecular formula is C12H20O4. The van der Waals surface area contributed by atoms with E-state index in [-0.39, 0.29) is 0 Å². The summed E-state index contributed by atoms with van der Waals surface area (Å²) in [6, 6.07) is 0. The number of carbonyl (C=O) groups is 2. The Bertz CT molecular complexity index is 285. The summed E-state index contributed by atoms with van der Waals surface area (Å²) in [5, 5.41) is 0. The molecule has 0 saturated carbocycles. The van der Waals surface area contributed by atoms with Crippen LogP contribution >= 0.6 is 0 Å². The minimum Gasteiger partial charge on any atom is -0.463 e. The van der Waals surface area contributed by atoms with Crippen LogP contribution in [0.1, 0.15) is 41.0 Å². The molecule has 0 saturated heterocycles. The molecule has 0 radical (unpaired) electrons. The van der Waals surface area contributed by atoms with Crippen LogP contribution in [0.2, 0.25) is 0 Å². The first-order valence-electron chi connectivity index (χ1n) is 5.34. The summed E-state index contributed by atoms with van der Waals surface area (Å²) in [4.78, 5) is 22.9. The van der Waals surface area contributed by atoms with Crippen molar-refractivity contribution in [1.82, 2.24) is 0 Å². The van der Waals surface area contributed by atoms with Crippen molar-refractivity contribution in [3.8, 4) is 0 Å². The Balaban J connectivity index is 4.38. The highest BCUT2D eigenvalue weighted by Crippen LogP contribution is 2.13. The number of esters is 2. The molecule has 0 aromatic heterocycles. The highest BCUT2D eigenvalue weighted by Gasteiger charge is 2.33. The van der Waals surface area contributed by atoms with Crippen molar-refractivity contribution in [3.05, 3.63) is 11.6 Å². The molecule has 0 rings (SSSR count). The molecule has 0 aliphatic carbocycles. The molecule has 0 amide bonds. The van der Waals surface area contributed by atoms with E-state index in [2.05, 4.69) is 0 Å². The summed E-state index contributed by atoms with van der Waals surface area (Å²) in [5.74, 6) is -1.05. The predicted molar refractivity (Wildman–Crippen MR) is 60.9 cm³/mol. The molecule has 4 heteroatoms. The zero-order valence-corrected chi connectivity index (χ0v) is 10.6. The Labute approximate surface area is 96.6 Å². The molecule has 0 bridgehead atoms. The maximum atomic E-state index is 11.5. The quantitative estimate of drug-likeness (QED) is 0.535. The average Bonchev–Trinajstić information content (AvgIpc) is 2.11. The van der Waals surface area contributed by atoms with Crippen LogP contribution < -0.4 is 0 Å². The maximum Gasteiger partial charge on any atom is 0.350 e. The van der Waals surface area contributed by atoms with Crippen molar-refractivity contribution in [1.29, 1.82) is 0 Å². The van der Waals surface area contributed by atoms with E-state index < -0.39 is 17.5 Å². The molecule has 0 fully saturated rings. The van der Waals surface area contributed by atoms with Gasteiger partial charge in [0.1, 0.15) is 0 Å². The zero-order chi connectivity index (χ0) is 12.8. The summed E-state index contributed by atoms with van der Waals surface area (Å²) in [6.07, 6.45) is 2.08. The smallest absolute Gasteiger partial charge is 0.350 e. The Morgan fingerprint density at radius 1 is 1.25 bits per heavy atom.